The minimum Gasteiger partial charge on any atom is -0.376 e. The van der Waals surface area contributed by atoms with Gasteiger partial charge in [0.25, 0.3) is 0 Å². The quantitative estimate of drug-likeness (QED) is 0.751. The van der Waals surface area contributed by atoms with E-state index in [2.05, 4.69) is 21.0 Å². The summed E-state index contributed by atoms with van der Waals surface area (Å²) in [6, 6.07) is 2.07. The molecule has 0 saturated heterocycles. The average molecular weight is 276 g/mol. The van der Waals surface area contributed by atoms with Gasteiger partial charge in [-0.3, -0.25) is 4.98 Å². The van der Waals surface area contributed by atoms with Crippen molar-refractivity contribution in [1.82, 2.24) is 15.0 Å². The molecule has 2 aromatic heterocycles. The van der Waals surface area contributed by atoms with Gasteiger partial charge in [-0.15, -0.1) is 0 Å². The number of nitrogens with zero attached hydrogens (tertiary/aromatic N) is 3. The zero-order chi connectivity index (χ0) is 13.4. The first-order chi connectivity index (χ1) is 9.15. The average Bonchev–Trinajstić information content (AvgIpc) is 2.38. The van der Waals surface area contributed by atoms with E-state index in [4.69, 9.17) is 16.3 Å². The summed E-state index contributed by atoms with van der Waals surface area (Å²) < 4.78 is 5.38. The van der Waals surface area contributed by atoms with E-state index in [-0.39, 0.29) is 0 Å². The van der Waals surface area contributed by atoms with Crippen molar-refractivity contribution in [3.63, 3.8) is 0 Å². The summed E-state index contributed by atoms with van der Waals surface area (Å²) in [5, 5.41) is 0.474. The van der Waals surface area contributed by atoms with Crippen LogP contribution in [0, 0.1) is 13.8 Å². The molecule has 0 bridgehead atoms. The highest BCUT2D eigenvalue weighted by Gasteiger charge is 2.18. The largest absolute Gasteiger partial charge is 0.376 e. The maximum atomic E-state index is 6.22. The predicted octanol–water partition coefficient (Wildman–Crippen LogP) is 2.88. The summed E-state index contributed by atoms with van der Waals surface area (Å²) in [5.74, 6) is 0.600. The molecule has 2 aromatic rings. The molecule has 0 N–H and O–H groups in total. The van der Waals surface area contributed by atoms with Crippen molar-refractivity contribution in [3.05, 3.63) is 39.8 Å². The lowest BCUT2D eigenvalue weighted by molar-refractivity contribution is 0.109. The van der Waals surface area contributed by atoms with Crippen molar-refractivity contribution in [2.75, 3.05) is 6.61 Å². The minimum absolute atomic E-state index is 0.474. The standard InChI is InChI=1S/C14H14ClN3O/c1-8-5-9(2)12(16-6-8)14-17-11-3-4-19-7-10(11)13(15)18-14/h5-6H,3-4,7H2,1-2H3. The topological polar surface area (TPSA) is 47.9 Å². The molecule has 19 heavy (non-hydrogen) atoms. The Balaban J connectivity index is 2.13. The second-order valence-corrected chi connectivity index (χ2v) is 5.10. The fourth-order valence-corrected chi connectivity index (χ4v) is 2.49. The number of hydrogen-bond donors (Lipinski definition) is 0. The van der Waals surface area contributed by atoms with Gasteiger partial charge in [0.05, 0.1) is 18.9 Å². The highest BCUT2D eigenvalue weighted by atomic mass is 35.5. The van der Waals surface area contributed by atoms with Crippen LogP contribution in [0.2, 0.25) is 5.15 Å². The maximum Gasteiger partial charge on any atom is 0.180 e. The molecule has 3 rings (SSSR count). The summed E-state index contributed by atoms with van der Waals surface area (Å²) in [5.41, 5.74) is 4.85. The molecule has 0 unspecified atom stereocenters. The zero-order valence-corrected chi connectivity index (χ0v) is 11.7. The van der Waals surface area contributed by atoms with Gasteiger partial charge in [-0.05, 0) is 25.0 Å². The van der Waals surface area contributed by atoms with Crippen molar-refractivity contribution in [1.29, 1.82) is 0 Å². The van der Waals surface area contributed by atoms with Crippen molar-refractivity contribution in [3.8, 4) is 11.5 Å². The van der Waals surface area contributed by atoms with Crippen molar-refractivity contribution in [2.45, 2.75) is 26.9 Å². The Morgan fingerprint density at radius 3 is 2.89 bits per heavy atom. The fourth-order valence-electron chi connectivity index (χ4n) is 2.25. The molecule has 0 radical (unpaired) electrons. The summed E-state index contributed by atoms with van der Waals surface area (Å²) >= 11 is 6.22. The summed E-state index contributed by atoms with van der Waals surface area (Å²) in [6.45, 7) is 5.20. The first kappa shape index (κ1) is 12.5. The van der Waals surface area contributed by atoms with Crippen LogP contribution in [0.3, 0.4) is 0 Å². The summed E-state index contributed by atoms with van der Waals surface area (Å²) in [6.07, 6.45) is 2.59. The van der Waals surface area contributed by atoms with E-state index in [0.717, 1.165) is 34.5 Å². The Labute approximate surface area is 116 Å². The van der Waals surface area contributed by atoms with E-state index in [1.165, 1.54) is 0 Å². The molecule has 3 heterocycles. The van der Waals surface area contributed by atoms with Gasteiger partial charge in [-0.1, -0.05) is 17.7 Å². The summed E-state index contributed by atoms with van der Waals surface area (Å²) in [4.78, 5) is 13.4. The molecular formula is C14H14ClN3O. The van der Waals surface area contributed by atoms with Gasteiger partial charge in [0, 0.05) is 18.2 Å². The molecule has 0 amide bonds. The highest BCUT2D eigenvalue weighted by molar-refractivity contribution is 6.30. The molecule has 98 valence electrons. The minimum atomic E-state index is 0.474. The lowest BCUT2D eigenvalue weighted by Gasteiger charge is -2.17. The van der Waals surface area contributed by atoms with Gasteiger partial charge < -0.3 is 4.74 Å². The van der Waals surface area contributed by atoms with Gasteiger partial charge in [-0.2, -0.15) is 0 Å². The normalized spacial score (nSPS) is 14.3. The number of aryl methyl sites for hydroxylation is 2. The van der Waals surface area contributed by atoms with Crippen LogP contribution in [0.5, 0.6) is 0 Å². The van der Waals surface area contributed by atoms with Crippen LogP contribution >= 0.6 is 11.6 Å². The lowest BCUT2D eigenvalue weighted by Crippen LogP contribution is -2.14. The number of ether oxygens (including phenoxy) is 1. The van der Waals surface area contributed by atoms with Crippen molar-refractivity contribution < 1.29 is 4.74 Å². The second-order valence-electron chi connectivity index (χ2n) is 4.74. The number of pyridine rings is 1. The van der Waals surface area contributed by atoms with E-state index in [1.807, 2.05) is 20.0 Å². The molecule has 0 fully saturated rings. The molecular weight excluding hydrogens is 262 g/mol. The molecule has 0 saturated carbocycles. The number of halogens is 1. The van der Waals surface area contributed by atoms with Crippen molar-refractivity contribution >= 4 is 11.6 Å². The third-order valence-electron chi connectivity index (χ3n) is 3.20. The van der Waals surface area contributed by atoms with Gasteiger partial charge in [0.2, 0.25) is 0 Å². The van der Waals surface area contributed by atoms with E-state index in [1.54, 1.807) is 0 Å². The Morgan fingerprint density at radius 1 is 1.26 bits per heavy atom. The zero-order valence-electron chi connectivity index (χ0n) is 10.9. The highest BCUT2D eigenvalue weighted by Crippen LogP contribution is 2.26. The van der Waals surface area contributed by atoms with Gasteiger partial charge in [0.15, 0.2) is 5.82 Å². The Hall–Kier alpha value is -1.52. The molecule has 5 heteroatoms. The number of aromatic nitrogens is 3. The number of hydrogen-bond acceptors (Lipinski definition) is 4. The van der Waals surface area contributed by atoms with Crippen LogP contribution in [-0.2, 0) is 17.8 Å². The van der Waals surface area contributed by atoms with E-state index >= 15 is 0 Å². The van der Waals surface area contributed by atoms with E-state index < -0.39 is 0 Å². The molecule has 0 atom stereocenters. The SMILES string of the molecule is Cc1cnc(-c2nc(Cl)c3c(n2)CCOC3)c(C)c1. The first-order valence-electron chi connectivity index (χ1n) is 6.22. The number of rotatable bonds is 1. The van der Waals surface area contributed by atoms with E-state index in [9.17, 15) is 0 Å². The lowest BCUT2D eigenvalue weighted by atomic mass is 10.1. The molecule has 1 aliphatic rings. The molecule has 0 aliphatic carbocycles. The van der Waals surface area contributed by atoms with E-state index in [0.29, 0.717) is 24.2 Å². The van der Waals surface area contributed by atoms with Crippen LogP contribution in [-0.4, -0.2) is 21.6 Å². The second kappa shape index (κ2) is 4.87. The van der Waals surface area contributed by atoms with Gasteiger partial charge in [0.1, 0.15) is 10.8 Å². The Bertz CT molecular complexity index is 643. The first-order valence-corrected chi connectivity index (χ1v) is 6.59. The van der Waals surface area contributed by atoms with Crippen LogP contribution in [0.15, 0.2) is 12.3 Å². The molecule has 4 nitrogen and oxygen atoms in total. The van der Waals surface area contributed by atoms with Crippen LogP contribution in [0.1, 0.15) is 22.4 Å². The Morgan fingerprint density at radius 2 is 2.11 bits per heavy atom. The maximum absolute atomic E-state index is 6.22. The molecule has 1 aliphatic heterocycles. The predicted molar refractivity (Wildman–Crippen MR) is 73.1 cm³/mol. The number of fused-ring (bicyclic) bond motifs is 1. The smallest absolute Gasteiger partial charge is 0.180 e. The molecule has 0 spiro atoms. The fraction of sp³-hybridized carbons (Fsp3) is 0.357. The Kier molecular flexibility index (Phi) is 3.21. The third-order valence-corrected chi connectivity index (χ3v) is 3.51. The van der Waals surface area contributed by atoms with Gasteiger partial charge in [-0.25, -0.2) is 9.97 Å². The monoisotopic (exact) mass is 275 g/mol. The summed E-state index contributed by atoms with van der Waals surface area (Å²) in [7, 11) is 0. The van der Waals surface area contributed by atoms with Crippen LogP contribution < -0.4 is 0 Å². The molecule has 0 aromatic carbocycles. The third kappa shape index (κ3) is 2.33. The van der Waals surface area contributed by atoms with Crippen molar-refractivity contribution in [2.24, 2.45) is 0 Å². The van der Waals surface area contributed by atoms with Gasteiger partial charge >= 0.3 is 0 Å². The van der Waals surface area contributed by atoms with Crippen LogP contribution in [0.25, 0.3) is 11.5 Å². The van der Waals surface area contributed by atoms with Crippen LogP contribution in [0.4, 0.5) is 0 Å².